The summed E-state index contributed by atoms with van der Waals surface area (Å²) in [5, 5.41) is 3.71. The SMILES string of the molecule is Brc1ccoc1CN1CCC(NCC2CC2)CC1. The van der Waals surface area contributed by atoms with E-state index in [1.807, 2.05) is 6.07 Å². The molecule has 0 amide bonds. The second-order valence-electron chi connectivity index (χ2n) is 5.59. The molecule has 0 bridgehead atoms. The summed E-state index contributed by atoms with van der Waals surface area (Å²) < 4.78 is 6.57. The molecule has 1 N–H and O–H groups in total. The van der Waals surface area contributed by atoms with Gasteiger partial charge in [-0.3, -0.25) is 4.90 Å². The highest BCUT2D eigenvalue weighted by Crippen LogP contribution is 2.28. The van der Waals surface area contributed by atoms with E-state index in [9.17, 15) is 0 Å². The fourth-order valence-corrected chi connectivity index (χ4v) is 2.92. The molecule has 1 aliphatic heterocycles. The summed E-state index contributed by atoms with van der Waals surface area (Å²) in [5.74, 6) is 2.04. The molecule has 2 fully saturated rings. The van der Waals surface area contributed by atoms with Crippen LogP contribution in [0.3, 0.4) is 0 Å². The second-order valence-corrected chi connectivity index (χ2v) is 6.45. The lowest BCUT2D eigenvalue weighted by molar-refractivity contribution is 0.178. The zero-order valence-electron chi connectivity index (χ0n) is 10.7. The zero-order chi connectivity index (χ0) is 12.4. The van der Waals surface area contributed by atoms with Gasteiger partial charge < -0.3 is 9.73 Å². The van der Waals surface area contributed by atoms with Gasteiger partial charge in [0.05, 0.1) is 17.3 Å². The van der Waals surface area contributed by atoms with Crippen LogP contribution in [-0.4, -0.2) is 30.6 Å². The first-order valence-corrected chi connectivity index (χ1v) is 7.78. The highest BCUT2D eigenvalue weighted by molar-refractivity contribution is 9.10. The highest BCUT2D eigenvalue weighted by Gasteiger charge is 2.24. The lowest BCUT2D eigenvalue weighted by Gasteiger charge is -2.32. The van der Waals surface area contributed by atoms with E-state index in [2.05, 4.69) is 26.1 Å². The van der Waals surface area contributed by atoms with E-state index in [1.54, 1.807) is 6.26 Å². The number of piperidine rings is 1. The molecular formula is C14H21BrN2O. The number of halogens is 1. The standard InChI is InChI=1S/C14H21BrN2O/c15-13-5-8-18-14(13)10-17-6-3-12(4-7-17)16-9-11-1-2-11/h5,8,11-12,16H,1-4,6-7,9-10H2. The van der Waals surface area contributed by atoms with Gasteiger partial charge in [-0.25, -0.2) is 0 Å². The molecule has 1 saturated carbocycles. The molecule has 18 heavy (non-hydrogen) atoms. The van der Waals surface area contributed by atoms with Crippen LogP contribution in [0.4, 0.5) is 0 Å². The lowest BCUT2D eigenvalue weighted by atomic mass is 10.0. The topological polar surface area (TPSA) is 28.4 Å². The predicted molar refractivity (Wildman–Crippen MR) is 75.4 cm³/mol. The minimum atomic E-state index is 0.738. The quantitative estimate of drug-likeness (QED) is 0.906. The highest BCUT2D eigenvalue weighted by atomic mass is 79.9. The minimum Gasteiger partial charge on any atom is -0.467 e. The molecule has 0 atom stereocenters. The summed E-state index contributed by atoms with van der Waals surface area (Å²) in [6.07, 6.45) is 7.18. The van der Waals surface area contributed by atoms with Crippen molar-refractivity contribution >= 4 is 15.9 Å². The lowest BCUT2D eigenvalue weighted by Crippen LogP contribution is -2.42. The van der Waals surface area contributed by atoms with E-state index in [0.29, 0.717) is 0 Å². The fourth-order valence-electron chi connectivity index (χ4n) is 2.59. The summed E-state index contributed by atoms with van der Waals surface area (Å²) in [4.78, 5) is 2.49. The zero-order valence-corrected chi connectivity index (χ0v) is 12.3. The first-order valence-electron chi connectivity index (χ1n) is 6.99. The molecule has 3 rings (SSSR count). The molecule has 2 heterocycles. The normalized spacial score (nSPS) is 22.5. The Kier molecular flexibility index (Phi) is 4.07. The molecule has 3 nitrogen and oxygen atoms in total. The van der Waals surface area contributed by atoms with Crippen LogP contribution in [0, 0.1) is 5.92 Å². The average Bonchev–Trinajstić information content (AvgIpc) is 3.13. The van der Waals surface area contributed by atoms with Crippen molar-refractivity contribution in [3.63, 3.8) is 0 Å². The summed E-state index contributed by atoms with van der Waals surface area (Å²) in [5.41, 5.74) is 0. The monoisotopic (exact) mass is 312 g/mol. The van der Waals surface area contributed by atoms with E-state index in [4.69, 9.17) is 4.42 Å². The summed E-state index contributed by atoms with van der Waals surface area (Å²) in [6, 6.07) is 2.71. The van der Waals surface area contributed by atoms with Crippen molar-refractivity contribution in [2.24, 2.45) is 5.92 Å². The van der Waals surface area contributed by atoms with Gasteiger partial charge >= 0.3 is 0 Å². The summed E-state index contributed by atoms with van der Waals surface area (Å²) in [6.45, 7) is 4.53. The smallest absolute Gasteiger partial charge is 0.131 e. The van der Waals surface area contributed by atoms with Gasteiger partial charge in [0, 0.05) is 19.1 Å². The largest absolute Gasteiger partial charge is 0.467 e. The van der Waals surface area contributed by atoms with Crippen molar-refractivity contribution in [1.82, 2.24) is 10.2 Å². The third kappa shape index (κ3) is 3.37. The van der Waals surface area contributed by atoms with Crippen LogP contribution in [0.1, 0.15) is 31.4 Å². The number of hydrogen-bond acceptors (Lipinski definition) is 3. The van der Waals surface area contributed by atoms with Gasteiger partial charge in [-0.15, -0.1) is 0 Å². The summed E-state index contributed by atoms with van der Waals surface area (Å²) >= 11 is 3.52. The number of likely N-dealkylation sites (tertiary alicyclic amines) is 1. The Bertz CT molecular complexity index is 381. The molecular weight excluding hydrogens is 292 g/mol. The Labute approximate surface area is 117 Å². The third-order valence-corrected chi connectivity index (χ3v) is 4.74. The van der Waals surface area contributed by atoms with Crippen LogP contribution in [0.5, 0.6) is 0 Å². The molecule has 0 aromatic carbocycles. The maximum absolute atomic E-state index is 5.48. The van der Waals surface area contributed by atoms with Crippen LogP contribution < -0.4 is 5.32 Å². The van der Waals surface area contributed by atoms with Gasteiger partial charge in [-0.2, -0.15) is 0 Å². The minimum absolute atomic E-state index is 0.738. The van der Waals surface area contributed by atoms with Gasteiger partial charge in [0.25, 0.3) is 0 Å². The van der Waals surface area contributed by atoms with E-state index >= 15 is 0 Å². The Balaban J connectivity index is 1.40. The van der Waals surface area contributed by atoms with Crippen molar-refractivity contribution in [3.8, 4) is 0 Å². The van der Waals surface area contributed by atoms with Crippen molar-refractivity contribution < 1.29 is 4.42 Å². The van der Waals surface area contributed by atoms with Gasteiger partial charge in [0.1, 0.15) is 5.76 Å². The van der Waals surface area contributed by atoms with Crippen LogP contribution >= 0.6 is 15.9 Å². The Morgan fingerprint density at radius 1 is 1.28 bits per heavy atom. The average molecular weight is 313 g/mol. The second kappa shape index (κ2) is 5.76. The molecule has 2 aliphatic rings. The van der Waals surface area contributed by atoms with E-state index in [-0.39, 0.29) is 0 Å². The molecule has 4 heteroatoms. The molecule has 0 radical (unpaired) electrons. The van der Waals surface area contributed by atoms with Crippen LogP contribution in [-0.2, 0) is 6.54 Å². The summed E-state index contributed by atoms with van der Waals surface area (Å²) in [7, 11) is 0. The van der Waals surface area contributed by atoms with E-state index in [0.717, 1.165) is 28.7 Å². The van der Waals surface area contributed by atoms with Gasteiger partial charge in [-0.1, -0.05) is 0 Å². The molecule has 100 valence electrons. The molecule has 0 unspecified atom stereocenters. The van der Waals surface area contributed by atoms with Crippen LogP contribution in [0.2, 0.25) is 0 Å². The number of hydrogen-bond donors (Lipinski definition) is 1. The molecule has 1 aliphatic carbocycles. The molecule has 1 saturated heterocycles. The van der Waals surface area contributed by atoms with Crippen molar-refractivity contribution in [3.05, 3.63) is 22.6 Å². The van der Waals surface area contributed by atoms with E-state index < -0.39 is 0 Å². The molecule has 1 aromatic heterocycles. The predicted octanol–water partition coefficient (Wildman–Crippen LogP) is 3.01. The number of rotatable bonds is 5. The van der Waals surface area contributed by atoms with Crippen LogP contribution in [0.25, 0.3) is 0 Å². The van der Waals surface area contributed by atoms with Gasteiger partial charge in [0.2, 0.25) is 0 Å². The Morgan fingerprint density at radius 3 is 2.67 bits per heavy atom. The maximum Gasteiger partial charge on any atom is 0.131 e. The first kappa shape index (κ1) is 12.7. The Hall–Kier alpha value is -0.320. The van der Waals surface area contributed by atoms with E-state index in [1.165, 1.54) is 45.3 Å². The van der Waals surface area contributed by atoms with Crippen molar-refractivity contribution in [2.45, 2.75) is 38.3 Å². The first-order chi connectivity index (χ1) is 8.81. The van der Waals surface area contributed by atoms with Crippen molar-refractivity contribution in [2.75, 3.05) is 19.6 Å². The van der Waals surface area contributed by atoms with Crippen molar-refractivity contribution in [1.29, 1.82) is 0 Å². The van der Waals surface area contributed by atoms with Crippen LogP contribution in [0.15, 0.2) is 21.2 Å². The fraction of sp³-hybridized carbons (Fsp3) is 0.714. The third-order valence-electron chi connectivity index (χ3n) is 4.04. The van der Waals surface area contributed by atoms with Gasteiger partial charge in [0.15, 0.2) is 0 Å². The number of nitrogens with one attached hydrogen (secondary N) is 1. The molecule has 1 aromatic rings. The Morgan fingerprint density at radius 2 is 2.06 bits per heavy atom. The number of furan rings is 1. The van der Waals surface area contributed by atoms with Gasteiger partial charge in [-0.05, 0) is 60.1 Å². The maximum atomic E-state index is 5.48. The molecule has 0 spiro atoms. The number of nitrogens with zero attached hydrogens (tertiary/aromatic N) is 1.